The third-order valence-electron chi connectivity index (χ3n) is 6.15. The highest BCUT2D eigenvalue weighted by molar-refractivity contribution is 6.34. The number of hydrogen-bond acceptors (Lipinski definition) is 5. The number of carbonyl (C=O) groups is 4. The summed E-state index contributed by atoms with van der Waals surface area (Å²) in [5.74, 6) is -3.16. The molecule has 0 aliphatic heterocycles. The van der Waals surface area contributed by atoms with Crippen LogP contribution in [0.4, 0.5) is 0 Å². The van der Waals surface area contributed by atoms with Crippen molar-refractivity contribution in [3.8, 4) is 11.1 Å². The van der Waals surface area contributed by atoms with Gasteiger partial charge < -0.3 is 14.8 Å². The van der Waals surface area contributed by atoms with Crippen LogP contribution in [0.15, 0.2) is 59.7 Å². The molecule has 35 heavy (non-hydrogen) atoms. The van der Waals surface area contributed by atoms with E-state index < -0.39 is 29.1 Å². The first-order valence-corrected chi connectivity index (χ1v) is 11.3. The Balaban J connectivity index is 1.74. The van der Waals surface area contributed by atoms with Crippen molar-refractivity contribution >= 4 is 23.5 Å². The number of aryl methyl sites for hydroxylation is 1. The average Bonchev–Trinajstić information content (AvgIpc) is 3.20. The van der Waals surface area contributed by atoms with E-state index in [2.05, 4.69) is 4.98 Å². The lowest BCUT2D eigenvalue weighted by Crippen LogP contribution is -2.27. The summed E-state index contributed by atoms with van der Waals surface area (Å²) >= 11 is 0. The maximum atomic E-state index is 13.1. The van der Waals surface area contributed by atoms with E-state index in [1.165, 1.54) is 6.92 Å². The lowest BCUT2D eigenvalue weighted by atomic mass is 9.91. The Morgan fingerprint density at radius 2 is 1.63 bits per heavy atom. The summed E-state index contributed by atoms with van der Waals surface area (Å²) < 4.78 is 1.70. The number of aromatic nitrogens is 2. The molecule has 1 aromatic heterocycles. The number of carboxylic acid groups (broad SMARTS) is 2. The Hall–Kier alpha value is -4.33. The molecule has 1 heterocycles. The number of benzene rings is 2. The summed E-state index contributed by atoms with van der Waals surface area (Å²) in [6.45, 7) is 3.63. The topological polar surface area (TPSA) is 127 Å². The van der Waals surface area contributed by atoms with Gasteiger partial charge in [0.25, 0.3) is 0 Å². The third-order valence-corrected chi connectivity index (χ3v) is 6.15. The molecule has 0 spiro atoms. The van der Waals surface area contributed by atoms with Crippen molar-refractivity contribution in [2.24, 2.45) is 0 Å². The molecule has 0 saturated heterocycles. The van der Waals surface area contributed by atoms with E-state index in [1.54, 1.807) is 28.8 Å². The van der Waals surface area contributed by atoms with Gasteiger partial charge in [0.2, 0.25) is 11.6 Å². The predicted octanol–water partition coefficient (Wildman–Crippen LogP) is 4.42. The number of ketones is 2. The van der Waals surface area contributed by atoms with Crippen LogP contribution in [0, 0.1) is 0 Å². The summed E-state index contributed by atoms with van der Waals surface area (Å²) in [4.78, 5) is 53.6. The molecule has 0 fully saturated rings. The molecular weight excluding hydrogens is 448 g/mol. The normalized spacial score (nSPS) is 13.2. The zero-order valence-corrected chi connectivity index (χ0v) is 19.4. The highest BCUT2D eigenvalue weighted by Gasteiger charge is 2.38. The maximum absolute atomic E-state index is 13.1. The first kappa shape index (κ1) is 23.8. The minimum atomic E-state index is -1.44. The van der Waals surface area contributed by atoms with Gasteiger partial charge in [0, 0.05) is 18.5 Å². The van der Waals surface area contributed by atoms with Crippen molar-refractivity contribution in [3.63, 3.8) is 0 Å². The molecule has 2 aromatic carbocycles. The Labute approximate surface area is 201 Å². The van der Waals surface area contributed by atoms with Crippen LogP contribution in [0.3, 0.4) is 0 Å². The third kappa shape index (κ3) is 4.30. The number of hydrogen-bond donors (Lipinski definition) is 2. The largest absolute Gasteiger partial charge is 0.478 e. The van der Waals surface area contributed by atoms with Crippen LogP contribution >= 0.6 is 0 Å². The SMILES string of the molecule is CCCCc1nc2c(n1Cc1ccc(-c3ccccc3C(=O)O)cc1)C(=O)C(C)=C(C(=O)O)C2=O. The molecule has 0 atom stereocenters. The summed E-state index contributed by atoms with van der Waals surface area (Å²) in [5.41, 5.74) is 1.73. The van der Waals surface area contributed by atoms with Gasteiger partial charge >= 0.3 is 11.9 Å². The van der Waals surface area contributed by atoms with Crippen molar-refractivity contribution in [3.05, 3.63) is 88.0 Å². The zero-order chi connectivity index (χ0) is 25.3. The van der Waals surface area contributed by atoms with Crippen molar-refractivity contribution in [1.29, 1.82) is 0 Å². The first-order valence-electron chi connectivity index (χ1n) is 11.3. The van der Waals surface area contributed by atoms with Crippen LogP contribution in [0.5, 0.6) is 0 Å². The van der Waals surface area contributed by atoms with Crippen LogP contribution in [-0.4, -0.2) is 43.3 Å². The second-order valence-corrected chi connectivity index (χ2v) is 8.43. The Kier molecular flexibility index (Phi) is 6.46. The number of allylic oxidation sites excluding steroid dienone is 1. The lowest BCUT2D eigenvalue weighted by molar-refractivity contribution is -0.132. The molecular formula is C27H24N2O6. The standard InChI is InChI=1S/C27H24N2O6/c1-3-4-9-20-28-22-23(24(30)15(2)21(25(22)31)27(34)35)29(20)14-16-10-12-17(13-11-16)18-7-5-6-8-19(18)26(32)33/h5-8,10-13H,3-4,9,14H2,1-2H3,(H,32,33)(H,34,35). The van der Waals surface area contributed by atoms with Crippen LogP contribution < -0.4 is 0 Å². The summed E-state index contributed by atoms with van der Waals surface area (Å²) in [6, 6.07) is 14.0. The number of imidazole rings is 1. The van der Waals surface area contributed by atoms with E-state index in [0.717, 1.165) is 24.0 Å². The van der Waals surface area contributed by atoms with Crippen LogP contribution in [0.25, 0.3) is 11.1 Å². The van der Waals surface area contributed by atoms with Crippen molar-refractivity contribution in [2.75, 3.05) is 0 Å². The summed E-state index contributed by atoms with van der Waals surface area (Å²) in [7, 11) is 0. The molecule has 4 rings (SSSR count). The Morgan fingerprint density at radius 1 is 0.943 bits per heavy atom. The number of Topliss-reactive ketones (excluding diaryl/α,β-unsaturated/α-hetero) is 2. The van der Waals surface area contributed by atoms with E-state index in [1.807, 2.05) is 31.2 Å². The van der Waals surface area contributed by atoms with E-state index in [9.17, 15) is 29.4 Å². The van der Waals surface area contributed by atoms with Crippen LogP contribution in [0.2, 0.25) is 0 Å². The molecule has 1 aliphatic rings. The highest BCUT2D eigenvalue weighted by Crippen LogP contribution is 2.29. The summed E-state index contributed by atoms with van der Waals surface area (Å²) in [5, 5.41) is 18.9. The maximum Gasteiger partial charge on any atom is 0.340 e. The number of carbonyl (C=O) groups excluding carboxylic acids is 2. The molecule has 2 N–H and O–H groups in total. The van der Waals surface area contributed by atoms with Gasteiger partial charge in [-0.1, -0.05) is 55.8 Å². The van der Waals surface area contributed by atoms with Gasteiger partial charge in [-0.25, -0.2) is 14.6 Å². The molecule has 0 saturated carbocycles. The minimum absolute atomic E-state index is 0.0983. The van der Waals surface area contributed by atoms with E-state index >= 15 is 0 Å². The highest BCUT2D eigenvalue weighted by atomic mass is 16.4. The van der Waals surface area contributed by atoms with Gasteiger partial charge in [-0.15, -0.1) is 0 Å². The summed E-state index contributed by atoms with van der Waals surface area (Å²) in [6.07, 6.45) is 2.21. The Morgan fingerprint density at radius 3 is 2.26 bits per heavy atom. The quantitative estimate of drug-likeness (QED) is 0.465. The fourth-order valence-electron chi connectivity index (χ4n) is 4.31. The number of rotatable bonds is 8. The second-order valence-electron chi connectivity index (χ2n) is 8.43. The van der Waals surface area contributed by atoms with Gasteiger partial charge in [0.05, 0.1) is 5.56 Å². The monoisotopic (exact) mass is 472 g/mol. The fraction of sp³-hybridized carbons (Fsp3) is 0.222. The zero-order valence-electron chi connectivity index (χ0n) is 19.4. The number of fused-ring (bicyclic) bond motifs is 1. The van der Waals surface area contributed by atoms with Crippen LogP contribution in [-0.2, 0) is 17.8 Å². The molecule has 8 heteroatoms. The van der Waals surface area contributed by atoms with Gasteiger partial charge in [-0.05, 0) is 36.1 Å². The Bertz CT molecular complexity index is 1400. The first-order chi connectivity index (χ1) is 16.7. The van der Waals surface area contributed by atoms with Gasteiger partial charge in [0.15, 0.2) is 0 Å². The molecule has 3 aromatic rings. The second kappa shape index (κ2) is 9.50. The van der Waals surface area contributed by atoms with E-state index in [-0.39, 0.29) is 29.1 Å². The number of aromatic carboxylic acids is 1. The van der Waals surface area contributed by atoms with E-state index in [0.29, 0.717) is 17.8 Å². The fourth-order valence-corrected chi connectivity index (χ4v) is 4.31. The molecule has 8 nitrogen and oxygen atoms in total. The number of nitrogens with zero attached hydrogens (tertiary/aromatic N) is 2. The number of aliphatic carboxylic acids is 1. The van der Waals surface area contributed by atoms with Crippen molar-refractivity contribution < 1.29 is 29.4 Å². The lowest BCUT2D eigenvalue weighted by Gasteiger charge is -2.16. The van der Waals surface area contributed by atoms with Crippen LogP contribution in [0.1, 0.15) is 69.4 Å². The smallest absolute Gasteiger partial charge is 0.340 e. The molecule has 0 unspecified atom stereocenters. The number of unbranched alkanes of at least 4 members (excludes halogenated alkanes) is 1. The predicted molar refractivity (Wildman–Crippen MR) is 128 cm³/mol. The molecule has 178 valence electrons. The van der Waals surface area contributed by atoms with Gasteiger partial charge in [-0.2, -0.15) is 0 Å². The van der Waals surface area contributed by atoms with Gasteiger partial charge in [-0.3, -0.25) is 9.59 Å². The molecule has 0 radical (unpaired) electrons. The minimum Gasteiger partial charge on any atom is -0.478 e. The van der Waals surface area contributed by atoms with E-state index in [4.69, 9.17) is 0 Å². The molecule has 1 aliphatic carbocycles. The van der Waals surface area contributed by atoms with Crippen molar-refractivity contribution in [1.82, 2.24) is 9.55 Å². The van der Waals surface area contributed by atoms with Crippen molar-refractivity contribution in [2.45, 2.75) is 39.7 Å². The average molecular weight is 472 g/mol. The van der Waals surface area contributed by atoms with Gasteiger partial charge in [0.1, 0.15) is 22.8 Å². The molecule has 0 amide bonds. The number of carboxylic acids is 2. The molecule has 0 bridgehead atoms.